The summed E-state index contributed by atoms with van der Waals surface area (Å²) in [5.41, 5.74) is 24.1. The van der Waals surface area contributed by atoms with Crippen LogP contribution in [0.15, 0.2) is 243 Å². The van der Waals surface area contributed by atoms with E-state index in [9.17, 15) is 0 Å². The molecule has 0 spiro atoms. The van der Waals surface area contributed by atoms with Gasteiger partial charge in [-0.1, -0.05) is 178 Å². The highest BCUT2D eigenvalue weighted by Gasteiger charge is 2.20. The van der Waals surface area contributed by atoms with Gasteiger partial charge in [0.05, 0.1) is 0 Å². The van der Waals surface area contributed by atoms with E-state index in [2.05, 4.69) is 270 Å². The van der Waals surface area contributed by atoms with Gasteiger partial charge in [0.1, 0.15) is 28.2 Å². The Bertz CT molecular complexity index is 4020. The highest BCUT2D eigenvalue weighted by atomic mass is 14.9. The van der Waals surface area contributed by atoms with Gasteiger partial charge < -0.3 is 0 Å². The summed E-state index contributed by atoms with van der Waals surface area (Å²) in [6, 6.07) is 75.2. The lowest BCUT2D eigenvalue weighted by Gasteiger charge is -2.11. The zero-order valence-electron chi connectivity index (χ0n) is 55.4. The molecule has 11 rings (SSSR count). The predicted octanol–water partition coefficient (Wildman–Crippen LogP) is 17.0. The van der Waals surface area contributed by atoms with Gasteiger partial charge in [-0.15, -0.1) is 0 Å². The van der Waals surface area contributed by atoms with Crippen LogP contribution in [-0.4, -0.2) is 0 Å². The van der Waals surface area contributed by atoms with Crippen molar-refractivity contribution in [1.29, 1.82) is 0 Å². The Morgan fingerprint density at radius 3 is 1.01 bits per heavy atom. The second kappa shape index (κ2) is 26.7. The van der Waals surface area contributed by atoms with Gasteiger partial charge in [-0.05, 0) is 140 Å². The van der Waals surface area contributed by atoms with Gasteiger partial charge >= 0.3 is 0 Å². The molecule has 1 unspecified atom stereocenters. The Labute approximate surface area is 488 Å². The summed E-state index contributed by atoms with van der Waals surface area (Å²) in [5, 5.41) is 0. The molecule has 80 heavy (non-hydrogen) atoms. The topological polar surface area (TPSA) is 15.5 Å². The van der Waals surface area contributed by atoms with E-state index in [1.165, 1.54) is 114 Å². The average Bonchev–Trinajstić information content (AvgIpc) is 0.865. The molecule has 1 atom stereocenters. The van der Waals surface area contributed by atoms with Gasteiger partial charge in [0.15, 0.2) is 24.8 Å². The number of hydrogen-bond donors (Lipinski definition) is 0. The van der Waals surface area contributed by atoms with Crippen LogP contribution in [0.2, 0.25) is 0 Å². The van der Waals surface area contributed by atoms with Crippen molar-refractivity contribution in [2.75, 3.05) is 0 Å². The maximum atomic E-state index is 8.40. The summed E-state index contributed by atoms with van der Waals surface area (Å²) in [6.45, 7) is 8.85. The van der Waals surface area contributed by atoms with Crippen LogP contribution < -0.4 is 18.3 Å². The normalized spacial score (nSPS) is 13.0. The van der Waals surface area contributed by atoms with E-state index in [1.54, 1.807) is 11.6 Å². The minimum Gasteiger partial charge on any atom is -0.201 e. The third kappa shape index (κ3) is 13.9. The summed E-state index contributed by atoms with van der Waals surface area (Å²) >= 11 is 0. The number of aryl methyl sites for hydroxylation is 11. The fourth-order valence-electron chi connectivity index (χ4n) is 10.2. The lowest BCUT2D eigenvalue weighted by molar-refractivity contribution is -0.660. The molecule has 0 fully saturated rings. The molecule has 0 N–H and O–H groups in total. The van der Waals surface area contributed by atoms with Gasteiger partial charge in [0.2, 0.25) is 22.8 Å². The van der Waals surface area contributed by atoms with Crippen LogP contribution in [0.4, 0.5) is 0 Å². The highest BCUT2D eigenvalue weighted by Crippen LogP contribution is 2.30. The number of nitrogens with zero attached hydrogens (tertiary/aromatic N) is 4. The number of hydrogen-bond acceptors (Lipinski definition) is 0. The summed E-state index contributed by atoms with van der Waals surface area (Å²) in [4.78, 5) is 0. The van der Waals surface area contributed by atoms with E-state index in [1.807, 2.05) is 37.3 Å². The third-order valence-corrected chi connectivity index (χ3v) is 14.7. The Balaban J connectivity index is 0.000000151. The molecule has 4 aromatic heterocycles. The van der Waals surface area contributed by atoms with Crippen molar-refractivity contribution >= 4 is 0 Å². The smallest absolute Gasteiger partial charge is 0.201 e. The molecule has 0 amide bonds. The van der Waals surface area contributed by atoms with E-state index in [0.29, 0.717) is 5.69 Å². The van der Waals surface area contributed by atoms with E-state index in [0.717, 1.165) is 11.1 Å². The molecule has 400 valence electrons. The molecule has 4 heterocycles. The van der Waals surface area contributed by atoms with Gasteiger partial charge in [0, 0.05) is 78.4 Å². The van der Waals surface area contributed by atoms with E-state index >= 15 is 0 Å². The second-order valence-corrected chi connectivity index (χ2v) is 20.7. The largest absolute Gasteiger partial charge is 0.212 e. The monoisotopic (exact) mass is 1060 g/mol. The molecule has 11 aromatic rings. The van der Waals surface area contributed by atoms with Gasteiger partial charge in [-0.2, -0.15) is 0 Å². The molecule has 4 nitrogen and oxygen atoms in total. The molecular formula is C76H80N4+4. The number of benzene rings is 7. The first kappa shape index (κ1) is 48.3. The first-order valence-corrected chi connectivity index (χ1v) is 27.3. The Hall–Kier alpha value is -8.86. The molecule has 0 bridgehead atoms. The molecular weight excluding hydrogens is 969 g/mol. The molecule has 0 aliphatic heterocycles. The van der Waals surface area contributed by atoms with Crippen LogP contribution in [0, 0.1) is 48.4 Å². The molecule has 0 aliphatic carbocycles. The van der Waals surface area contributed by atoms with Gasteiger partial charge in [-0.3, -0.25) is 0 Å². The molecule has 7 aromatic carbocycles. The summed E-state index contributed by atoms with van der Waals surface area (Å²) in [5.74, 6) is -2.04. The van der Waals surface area contributed by atoms with Crippen LogP contribution >= 0.6 is 0 Å². The van der Waals surface area contributed by atoms with Crippen molar-refractivity contribution in [3.05, 3.63) is 288 Å². The van der Waals surface area contributed by atoms with Crippen molar-refractivity contribution in [2.24, 2.45) is 28.2 Å². The molecule has 0 saturated carbocycles. The van der Waals surface area contributed by atoms with E-state index < -0.39 is 19.6 Å². The highest BCUT2D eigenvalue weighted by molar-refractivity contribution is 5.71. The lowest BCUT2D eigenvalue weighted by Crippen LogP contribution is -2.32. The number of rotatable bonds is 8. The van der Waals surface area contributed by atoms with Crippen molar-refractivity contribution in [1.82, 2.24) is 0 Å². The van der Waals surface area contributed by atoms with Crippen LogP contribution in [-0.2, 0) is 28.2 Å². The molecule has 0 radical (unpaired) electrons. The standard InChI is InChI=1S/2C20H20N.C19H18N.C17H22N/c2*1-15-9-7-8-12-18(15)20-13-16(2)19(14-21(20)3)17-10-5-4-6-11-17;1-15-8-6-7-11-18(15)19-13-12-17(14-20(19)2)16-9-4-3-5-10-16;1-12(2)16-10-17(18(5)11-14(16)4)15-9-7-6-8-13(15)3/h2*4-14H,1-3H3;3-14H,1-2H3;6-12H,1-5H3/q4*+1/i;;;1D3,4D3,12D. The quantitative estimate of drug-likeness (QED) is 0.135. The van der Waals surface area contributed by atoms with Crippen molar-refractivity contribution < 1.29 is 27.9 Å². The van der Waals surface area contributed by atoms with Gasteiger partial charge in [0.25, 0.3) is 0 Å². The summed E-state index contributed by atoms with van der Waals surface area (Å²) in [7, 11) is 8.06. The Kier molecular flexibility index (Phi) is 16.1. The third-order valence-electron chi connectivity index (χ3n) is 14.7. The Morgan fingerprint density at radius 1 is 0.300 bits per heavy atom. The first-order chi connectivity index (χ1) is 41.3. The van der Waals surface area contributed by atoms with Crippen LogP contribution in [0.3, 0.4) is 0 Å². The van der Waals surface area contributed by atoms with E-state index in [-0.39, 0.29) is 11.1 Å². The van der Waals surface area contributed by atoms with Crippen LogP contribution in [0.1, 0.15) is 73.8 Å². The average molecular weight is 1060 g/mol. The zero-order valence-corrected chi connectivity index (χ0v) is 48.4. The zero-order chi connectivity index (χ0) is 62.8. The predicted molar refractivity (Wildman–Crippen MR) is 336 cm³/mol. The lowest BCUT2D eigenvalue weighted by atomic mass is 9.96. The Morgan fingerprint density at radius 2 is 0.637 bits per heavy atom. The fourth-order valence-corrected chi connectivity index (χ4v) is 10.2. The summed E-state index contributed by atoms with van der Waals surface area (Å²) < 4.78 is 63.1. The van der Waals surface area contributed by atoms with Crippen LogP contribution in [0.5, 0.6) is 0 Å². The van der Waals surface area contributed by atoms with Crippen molar-refractivity contribution in [3.8, 4) is 78.4 Å². The molecule has 0 aliphatic rings. The fraction of sp³-hybridized carbons (Fsp3) is 0.184. The van der Waals surface area contributed by atoms with Crippen molar-refractivity contribution in [3.63, 3.8) is 0 Å². The first-order valence-electron chi connectivity index (χ1n) is 30.8. The van der Waals surface area contributed by atoms with Crippen LogP contribution in [0.25, 0.3) is 78.4 Å². The SMILES string of the molecule is Cc1cc(-c2ccccc2C)[n+](C)cc1-c1ccccc1.Cc1cc(-c2ccccc2C)[n+](C)cc1-c1ccccc1.Cc1ccccc1-c1ccc(-c2ccccc2)c[n+]1C.[2H]C([2H])([2H])c1c[n+](C)c(-c2ccccc2C)cc1C([2H])(C)C([2H])([2H])[2H]. The number of pyridine rings is 4. The second-order valence-electron chi connectivity index (χ2n) is 20.7. The number of aromatic nitrogens is 4. The van der Waals surface area contributed by atoms with E-state index in [4.69, 9.17) is 9.60 Å². The maximum Gasteiger partial charge on any atom is 0.212 e. The van der Waals surface area contributed by atoms with Gasteiger partial charge in [-0.25, -0.2) is 18.3 Å². The minimum absolute atomic E-state index is 0.00357. The minimum atomic E-state index is -2.66. The van der Waals surface area contributed by atoms with Crippen molar-refractivity contribution in [2.45, 2.75) is 68.1 Å². The molecule has 0 saturated heterocycles. The maximum absolute atomic E-state index is 8.40. The summed E-state index contributed by atoms with van der Waals surface area (Å²) in [6.07, 6.45) is 8.07. The molecule has 4 heteroatoms.